The summed E-state index contributed by atoms with van der Waals surface area (Å²) in [5, 5.41) is 24.5. The van der Waals surface area contributed by atoms with Crippen LogP contribution in [0.5, 0.6) is 5.75 Å². The van der Waals surface area contributed by atoms with Crippen molar-refractivity contribution in [2.75, 3.05) is 13.2 Å². The van der Waals surface area contributed by atoms with Crippen LogP contribution in [0.2, 0.25) is 5.02 Å². The highest BCUT2D eigenvalue weighted by molar-refractivity contribution is 7.80. The summed E-state index contributed by atoms with van der Waals surface area (Å²) in [7, 11) is 0. The maximum atomic E-state index is 10.5. The van der Waals surface area contributed by atoms with E-state index in [0.717, 1.165) is 22.6 Å². The number of hydrogen-bond donors (Lipinski definition) is 3. The Balaban J connectivity index is 1.84. The first-order chi connectivity index (χ1) is 14.9. The summed E-state index contributed by atoms with van der Waals surface area (Å²) in [5.74, 6) is 0.163. The molecule has 4 rings (SSSR count). The Morgan fingerprint density at radius 1 is 1.19 bits per heavy atom. The van der Waals surface area contributed by atoms with Crippen LogP contribution in [0, 0.1) is 13.8 Å². The van der Waals surface area contributed by atoms with E-state index < -0.39 is 0 Å². The molecule has 1 fully saturated rings. The van der Waals surface area contributed by atoms with Crippen molar-refractivity contribution in [1.29, 1.82) is 0 Å². The Morgan fingerprint density at radius 3 is 2.71 bits per heavy atom. The standard InChI is InChI=1S/C23H25ClN4O2S/c1-14-12-17(15(2)28(14)19-13-16(24)7-8-20(19)30)22-21(18-6-3-4-9-25-18)26-23(31)27(22)10-5-11-29/h3-4,6-9,12-13,21-22,29-30H,5,10-11H2,1-2H3,(H,26,31)/t21-,22-/m0/s1. The first kappa shape index (κ1) is 21.6. The lowest BCUT2D eigenvalue weighted by Gasteiger charge is -2.28. The minimum atomic E-state index is -0.130. The molecule has 1 aliphatic heterocycles. The van der Waals surface area contributed by atoms with Crippen molar-refractivity contribution in [3.63, 3.8) is 0 Å². The van der Waals surface area contributed by atoms with Gasteiger partial charge in [0.1, 0.15) is 5.75 Å². The minimum absolute atomic E-state index is 0.0928. The number of nitrogens with zero attached hydrogens (tertiary/aromatic N) is 3. The molecule has 0 amide bonds. The molecule has 31 heavy (non-hydrogen) atoms. The van der Waals surface area contributed by atoms with E-state index in [4.69, 9.17) is 23.8 Å². The first-order valence-electron chi connectivity index (χ1n) is 10.2. The lowest BCUT2D eigenvalue weighted by atomic mass is 9.96. The van der Waals surface area contributed by atoms with E-state index in [1.54, 1.807) is 24.4 Å². The van der Waals surface area contributed by atoms with Crippen LogP contribution in [0.4, 0.5) is 0 Å². The lowest BCUT2D eigenvalue weighted by Crippen LogP contribution is -2.31. The van der Waals surface area contributed by atoms with Crippen molar-refractivity contribution in [2.45, 2.75) is 32.4 Å². The molecular formula is C23H25ClN4O2S. The Labute approximate surface area is 192 Å². The van der Waals surface area contributed by atoms with E-state index in [-0.39, 0.29) is 24.4 Å². The van der Waals surface area contributed by atoms with Gasteiger partial charge in [-0.2, -0.15) is 0 Å². The van der Waals surface area contributed by atoms with Gasteiger partial charge in [-0.3, -0.25) is 4.98 Å². The molecule has 2 atom stereocenters. The molecule has 0 saturated carbocycles. The fraction of sp³-hybridized carbons (Fsp3) is 0.304. The number of aromatic nitrogens is 2. The van der Waals surface area contributed by atoms with Gasteiger partial charge >= 0.3 is 0 Å². The molecule has 1 aliphatic rings. The van der Waals surface area contributed by atoms with E-state index >= 15 is 0 Å². The second kappa shape index (κ2) is 8.86. The number of aliphatic hydroxyl groups excluding tert-OH is 1. The van der Waals surface area contributed by atoms with Gasteiger partial charge in [0.15, 0.2) is 5.11 Å². The quantitative estimate of drug-likeness (QED) is 0.483. The summed E-state index contributed by atoms with van der Waals surface area (Å²) < 4.78 is 2.01. The van der Waals surface area contributed by atoms with Crippen LogP contribution in [0.15, 0.2) is 48.7 Å². The van der Waals surface area contributed by atoms with Crippen LogP contribution >= 0.6 is 23.8 Å². The van der Waals surface area contributed by atoms with Crippen molar-refractivity contribution < 1.29 is 10.2 Å². The molecule has 0 spiro atoms. The number of pyridine rings is 1. The number of aryl methyl sites for hydroxylation is 1. The summed E-state index contributed by atoms with van der Waals surface area (Å²) in [6, 6.07) is 12.8. The van der Waals surface area contributed by atoms with Crippen LogP contribution in [-0.2, 0) is 0 Å². The zero-order valence-corrected chi connectivity index (χ0v) is 19.0. The van der Waals surface area contributed by atoms with Crippen LogP contribution < -0.4 is 5.32 Å². The topological polar surface area (TPSA) is 73.5 Å². The highest BCUT2D eigenvalue weighted by Crippen LogP contribution is 2.42. The highest BCUT2D eigenvalue weighted by Gasteiger charge is 2.41. The van der Waals surface area contributed by atoms with Crippen LogP contribution in [0.3, 0.4) is 0 Å². The molecule has 2 aromatic heterocycles. The number of hydrogen-bond acceptors (Lipinski definition) is 4. The average Bonchev–Trinajstić information content (AvgIpc) is 3.24. The predicted molar refractivity (Wildman–Crippen MR) is 126 cm³/mol. The minimum Gasteiger partial charge on any atom is -0.506 e. The van der Waals surface area contributed by atoms with Crippen LogP contribution in [0.1, 0.15) is 41.1 Å². The zero-order chi connectivity index (χ0) is 22.1. The molecule has 3 heterocycles. The van der Waals surface area contributed by atoms with Gasteiger partial charge in [-0.05, 0) is 74.4 Å². The number of benzene rings is 1. The molecule has 3 aromatic rings. The van der Waals surface area contributed by atoms with Crippen molar-refractivity contribution in [1.82, 2.24) is 19.8 Å². The van der Waals surface area contributed by atoms with Gasteiger partial charge in [-0.25, -0.2) is 0 Å². The number of aliphatic hydroxyl groups is 1. The number of nitrogens with one attached hydrogen (secondary N) is 1. The predicted octanol–water partition coefficient (Wildman–Crippen LogP) is 4.20. The molecular weight excluding hydrogens is 432 g/mol. The van der Waals surface area contributed by atoms with Gasteiger partial charge in [0.2, 0.25) is 0 Å². The van der Waals surface area contributed by atoms with Gasteiger partial charge < -0.3 is 25.0 Å². The van der Waals surface area contributed by atoms with Crippen molar-refractivity contribution in [3.05, 3.63) is 76.3 Å². The Kier molecular flexibility index (Phi) is 6.18. The third-order valence-corrected chi connectivity index (χ3v) is 6.31. The Bertz CT molecular complexity index is 1100. The smallest absolute Gasteiger partial charge is 0.170 e. The summed E-state index contributed by atoms with van der Waals surface area (Å²) >= 11 is 11.9. The molecule has 0 bridgehead atoms. The molecule has 3 N–H and O–H groups in total. The van der Waals surface area contributed by atoms with E-state index in [0.29, 0.717) is 28.8 Å². The first-order valence-corrected chi connectivity index (χ1v) is 11.0. The molecule has 8 heteroatoms. The highest BCUT2D eigenvalue weighted by atomic mass is 35.5. The van der Waals surface area contributed by atoms with Crippen LogP contribution in [-0.4, -0.2) is 42.9 Å². The number of halogens is 1. The third kappa shape index (κ3) is 4.01. The molecule has 1 aromatic carbocycles. The Hall–Kier alpha value is -2.61. The van der Waals surface area contributed by atoms with Gasteiger partial charge in [0.25, 0.3) is 0 Å². The normalized spacial score (nSPS) is 18.5. The van der Waals surface area contributed by atoms with E-state index in [2.05, 4.69) is 21.3 Å². The van der Waals surface area contributed by atoms with Crippen molar-refractivity contribution >= 4 is 28.9 Å². The van der Waals surface area contributed by atoms with Gasteiger partial charge in [-0.15, -0.1) is 0 Å². The number of rotatable bonds is 6. The summed E-state index contributed by atoms with van der Waals surface area (Å²) in [6.45, 7) is 4.76. The maximum absolute atomic E-state index is 10.5. The van der Waals surface area contributed by atoms with Crippen LogP contribution in [0.25, 0.3) is 5.69 Å². The largest absolute Gasteiger partial charge is 0.506 e. The zero-order valence-electron chi connectivity index (χ0n) is 17.4. The van der Waals surface area contributed by atoms with E-state index in [9.17, 15) is 10.2 Å². The number of aromatic hydroxyl groups is 1. The fourth-order valence-corrected chi connectivity index (χ4v) is 4.86. The molecule has 0 unspecified atom stereocenters. The molecule has 1 saturated heterocycles. The molecule has 0 radical (unpaired) electrons. The SMILES string of the molecule is Cc1cc([C@H]2[C@H](c3ccccn3)NC(=S)N2CCCO)c(C)n1-c1cc(Cl)ccc1O. The fourth-order valence-electron chi connectivity index (χ4n) is 4.36. The van der Waals surface area contributed by atoms with Crippen molar-refractivity contribution in [3.8, 4) is 11.4 Å². The van der Waals surface area contributed by atoms with Crippen molar-refractivity contribution in [2.24, 2.45) is 0 Å². The van der Waals surface area contributed by atoms with E-state index in [1.807, 2.05) is 36.6 Å². The van der Waals surface area contributed by atoms with Gasteiger partial charge in [0.05, 0.1) is 23.5 Å². The lowest BCUT2D eigenvalue weighted by molar-refractivity contribution is 0.247. The summed E-state index contributed by atoms with van der Waals surface area (Å²) in [6.07, 6.45) is 2.39. The third-order valence-electron chi connectivity index (χ3n) is 5.72. The summed E-state index contributed by atoms with van der Waals surface area (Å²) in [4.78, 5) is 6.69. The molecule has 0 aliphatic carbocycles. The second-order valence-electron chi connectivity index (χ2n) is 7.69. The number of phenols is 1. The molecule has 6 nitrogen and oxygen atoms in total. The average molecular weight is 457 g/mol. The van der Waals surface area contributed by atoms with Gasteiger partial charge in [-0.1, -0.05) is 17.7 Å². The molecule has 162 valence electrons. The maximum Gasteiger partial charge on any atom is 0.170 e. The summed E-state index contributed by atoms with van der Waals surface area (Å²) in [5.41, 5.74) is 4.58. The number of phenolic OH excluding ortho intramolecular Hbond substituents is 1. The van der Waals surface area contributed by atoms with Gasteiger partial charge in [0, 0.05) is 35.8 Å². The Morgan fingerprint density at radius 2 is 2.00 bits per heavy atom. The second-order valence-corrected chi connectivity index (χ2v) is 8.52. The monoisotopic (exact) mass is 456 g/mol. The van der Waals surface area contributed by atoms with E-state index in [1.165, 1.54) is 0 Å². The number of thiocarbonyl (C=S) groups is 1.